The Morgan fingerprint density at radius 3 is 2.58 bits per heavy atom. The second-order valence-corrected chi connectivity index (χ2v) is 5.99. The number of nitrogens with zero attached hydrogens (tertiary/aromatic N) is 1. The smallest absolute Gasteiger partial charge is 0.0332 e. The van der Waals surface area contributed by atoms with Crippen LogP contribution in [0.5, 0.6) is 0 Å². The Kier molecular flexibility index (Phi) is 5.41. The van der Waals surface area contributed by atoms with E-state index in [1.165, 1.54) is 31.5 Å². The van der Waals surface area contributed by atoms with Gasteiger partial charge in [0.1, 0.15) is 0 Å². The van der Waals surface area contributed by atoms with Crippen LogP contribution in [-0.4, -0.2) is 30.6 Å². The first kappa shape index (κ1) is 14.5. The van der Waals surface area contributed by atoms with Gasteiger partial charge in [0.15, 0.2) is 0 Å². The van der Waals surface area contributed by atoms with E-state index in [4.69, 9.17) is 0 Å². The zero-order chi connectivity index (χ0) is 13.7. The van der Waals surface area contributed by atoms with Gasteiger partial charge < -0.3 is 10.2 Å². The molecule has 106 valence electrons. The van der Waals surface area contributed by atoms with Gasteiger partial charge in [0.25, 0.3) is 0 Å². The van der Waals surface area contributed by atoms with E-state index in [1.807, 2.05) is 0 Å². The van der Waals surface area contributed by atoms with Crippen molar-refractivity contribution in [2.24, 2.45) is 5.92 Å². The van der Waals surface area contributed by atoms with Crippen LogP contribution in [0.2, 0.25) is 0 Å². The Hall–Kier alpha value is -0.860. The van der Waals surface area contributed by atoms with E-state index in [2.05, 4.69) is 61.3 Å². The molecule has 0 radical (unpaired) electrons. The van der Waals surface area contributed by atoms with Crippen molar-refractivity contribution in [3.05, 3.63) is 35.9 Å². The van der Waals surface area contributed by atoms with Crippen molar-refractivity contribution < 1.29 is 0 Å². The third-order valence-electron chi connectivity index (χ3n) is 4.27. The first-order valence-electron chi connectivity index (χ1n) is 7.73. The Balaban J connectivity index is 1.91. The van der Waals surface area contributed by atoms with Crippen molar-refractivity contribution in [1.29, 1.82) is 0 Å². The minimum Gasteiger partial charge on any atom is -0.310 e. The average molecular weight is 260 g/mol. The normalized spacial score (nSPS) is 25.6. The Morgan fingerprint density at radius 2 is 2.00 bits per heavy atom. The lowest BCUT2D eigenvalue weighted by molar-refractivity contribution is 0.249. The van der Waals surface area contributed by atoms with E-state index in [0.717, 1.165) is 18.5 Å². The van der Waals surface area contributed by atoms with Gasteiger partial charge >= 0.3 is 0 Å². The minimum atomic E-state index is 0.495. The molecule has 0 aromatic heterocycles. The maximum absolute atomic E-state index is 3.62. The van der Waals surface area contributed by atoms with E-state index < -0.39 is 0 Å². The van der Waals surface area contributed by atoms with Crippen LogP contribution in [0.15, 0.2) is 30.3 Å². The number of rotatable bonds is 6. The molecule has 1 aliphatic heterocycles. The number of nitrogens with one attached hydrogen (secondary N) is 1. The molecule has 3 unspecified atom stereocenters. The highest BCUT2D eigenvalue weighted by Gasteiger charge is 2.26. The van der Waals surface area contributed by atoms with Crippen LogP contribution in [-0.2, 0) is 0 Å². The molecule has 19 heavy (non-hydrogen) atoms. The summed E-state index contributed by atoms with van der Waals surface area (Å²) in [5.74, 6) is 0.865. The molecule has 2 heteroatoms. The molecule has 1 N–H and O–H groups in total. The van der Waals surface area contributed by atoms with Crippen molar-refractivity contribution in [3.63, 3.8) is 0 Å². The lowest BCUT2D eigenvalue weighted by Crippen LogP contribution is -2.32. The molecule has 0 bridgehead atoms. The van der Waals surface area contributed by atoms with E-state index in [1.54, 1.807) is 0 Å². The molecule has 1 aromatic carbocycles. The van der Waals surface area contributed by atoms with Crippen molar-refractivity contribution in [3.8, 4) is 0 Å². The zero-order valence-electron chi connectivity index (χ0n) is 12.6. The standard InChI is InChI=1S/C17H28N2/c1-4-18-17(16-8-6-5-7-9-16)10-11-19-13-14(2)12-15(19)3/h5-9,14-15,17-18H,4,10-13H2,1-3H3. The van der Waals surface area contributed by atoms with E-state index in [9.17, 15) is 0 Å². The highest BCUT2D eigenvalue weighted by molar-refractivity contribution is 5.18. The fourth-order valence-electron chi connectivity index (χ4n) is 3.31. The second-order valence-electron chi connectivity index (χ2n) is 5.99. The van der Waals surface area contributed by atoms with Crippen LogP contribution in [0.3, 0.4) is 0 Å². The maximum Gasteiger partial charge on any atom is 0.0332 e. The molecule has 1 aliphatic rings. The zero-order valence-corrected chi connectivity index (χ0v) is 12.6. The summed E-state index contributed by atoms with van der Waals surface area (Å²) in [6.45, 7) is 10.4. The molecular formula is C17H28N2. The topological polar surface area (TPSA) is 15.3 Å². The highest BCUT2D eigenvalue weighted by atomic mass is 15.2. The number of benzene rings is 1. The van der Waals surface area contributed by atoms with Gasteiger partial charge in [-0.2, -0.15) is 0 Å². The Labute approximate surface area is 118 Å². The Bertz CT molecular complexity index is 363. The van der Waals surface area contributed by atoms with Gasteiger partial charge in [0.2, 0.25) is 0 Å². The van der Waals surface area contributed by atoms with Crippen molar-refractivity contribution in [1.82, 2.24) is 10.2 Å². The van der Waals surface area contributed by atoms with Crippen molar-refractivity contribution in [2.75, 3.05) is 19.6 Å². The second kappa shape index (κ2) is 7.06. The number of likely N-dealkylation sites (tertiary alicyclic amines) is 1. The van der Waals surface area contributed by atoms with Crippen LogP contribution >= 0.6 is 0 Å². The molecular weight excluding hydrogens is 232 g/mol. The van der Waals surface area contributed by atoms with Crippen LogP contribution in [0, 0.1) is 5.92 Å². The maximum atomic E-state index is 3.62. The first-order chi connectivity index (χ1) is 9.20. The summed E-state index contributed by atoms with van der Waals surface area (Å²) in [5, 5.41) is 3.62. The molecule has 1 heterocycles. The SMILES string of the molecule is CCNC(CCN1CC(C)CC1C)c1ccccc1. The van der Waals surface area contributed by atoms with Gasteiger partial charge in [-0.05, 0) is 37.8 Å². The summed E-state index contributed by atoms with van der Waals surface area (Å²) < 4.78 is 0. The van der Waals surface area contributed by atoms with E-state index >= 15 is 0 Å². The monoisotopic (exact) mass is 260 g/mol. The first-order valence-corrected chi connectivity index (χ1v) is 7.73. The van der Waals surface area contributed by atoms with E-state index in [-0.39, 0.29) is 0 Å². The molecule has 0 spiro atoms. The largest absolute Gasteiger partial charge is 0.310 e. The van der Waals surface area contributed by atoms with Crippen molar-refractivity contribution in [2.45, 2.75) is 45.7 Å². The molecule has 1 saturated heterocycles. The van der Waals surface area contributed by atoms with Crippen LogP contribution in [0.25, 0.3) is 0 Å². The fourth-order valence-corrected chi connectivity index (χ4v) is 3.31. The van der Waals surface area contributed by atoms with Gasteiger partial charge in [-0.3, -0.25) is 0 Å². The van der Waals surface area contributed by atoms with Gasteiger partial charge in [-0.15, -0.1) is 0 Å². The van der Waals surface area contributed by atoms with Crippen LogP contribution in [0.1, 0.15) is 45.2 Å². The summed E-state index contributed by atoms with van der Waals surface area (Å²) in [4.78, 5) is 2.65. The molecule has 0 amide bonds. The number of hydrogen-bond donors (Lipinski definition) is 1. The molecule has 3 atom stereocenters. The molecule has 0 aliphatic carbocycles. The summed E-state index contributed by atoms with van der Waals surface area (Å²) >= 11 is 0. The molecule has 1 aromatic rings. The summed E-state index contributed by atoms with van der Waals surface area (Å²) in [5.41, 5.74) is 1.42. The van der Waals surface area contributed by atoms with Gasteiger partial charge in [-0.25, -0.2) is 0 Å². The minimum absolute atomic E-state index is 0.495. The van der Waals surface area contributed by atoms with Gasteiger partial charge in [0.05, 0.1) is 0 Å². The predicted octanol–water partition coefficient (Wildman–Crippen LogP) is 3.46. The summed E-state index contributed by atoms with van der Waals surface area (Å²) in [6.07, 6.45) is 2.56. The third-order valence-corrected chi connectivity index (χ3v) is 4.27. The van der Waals surface area contributed by atoms with Crippen LogP contribution < -0.4 is 5.32 Å². The molecule has 2 rings (SSSR count). The average Bonchev–Trinajstić information content (AvgIpc) is 2.74. The van der Waals surface area contributed by atoms with Gasteiger partial charge in [-0.1, -0.05) is 44.2 Å². The molecule has 0 saturated carbocycles. The van der Waals surface area contributed by atoms with Crippen LogP contribution in [0.4, 0.5) is 0 Å². The third kappa shape index (κ3) is 4.05. The van der Waals surface area contributed by atoms with Crippen molar-refractivity contribution >= 4 is 0 Å². The summed E-state index contributed by atoms with van der Waals surface area (Å²) in [6, 6.07) is 12.1. The lowest BCUT2D eigenvalue weighted by Gasteiger charge is -2.25. The van der Waals surface area contributed by atoms with Gasteiger partial charge in [0, 0.05) is 25.2 Å². The molecule has 1 fully saturated rings. The highest BCUT2D eigenvalue weighted by Crippen LogP contribution is 2.24. The molecule has 2 nitrogen and oxygen atoms in total. The quantitative estimate of drug-likeness (QED) is 0.842. The lowest BCUT2D eigenvalue weighted by atomic mass is 10.0. The van der Waals surface area contributed by atoms with E-state index in [0.29, 0.717) is 6.04 Å². The Morgan fingerprint density at radius 1 is 1.26 bits per heavy atom. The number of hydrogen-bond acceptors (Lipinski definition) is 2. The summed E-state index contributed by atoms with van der Waals surface area (Å²) in [7, 11) is 0. The fraction of sp³-hybridized carbons (Fsp3) is 0.647. The predicted molar refractivity (Wildman–Crippen MR) is 82.3 cm³/mol.